The number of hydrogen-bond donors (Lipinski definition) is 2. The maximum absolute atomic E-state index is 14.7. The lowest BCUT2D eigenvalue weighted by Gasteiger charge is -2.41. The van der Waals surface area contributed by atoms with E-state index < -0.39 is 11.9 Å². The molecule has 0 unspecified atom stereocenters. The molecule has 1 aromatic carbocycles. The van der Waals surface area contributed by atoms with E-state index in [1.54, 1.807) is 25.3 Å². The average molecular weight is 459 g/mol. The zero-order chi connectivity index (χ0) is 23.3. The van der Waals surface area contributed by atoms with Crippen LogP contribution in [0.3, 0.4) is 0 Å². The highest BCUT2D eigenvalue weighted by molar-refractivity contribution is 5.84. The number of aliphatic hydroxyl groups excluding tert-OH is 2. The van der Waals surface area contributed by atoms with Gasteiger partial charge in [0, 0.05) is 17.6 Å². The van der Waals surface area contributed by atoms with Crippen molar-refractivity contribution >= 4 is 10.9 Å². The van der Waals surface area contributed by atoms with Crippen molar-refractivity contribution in [1.82, 2.24) is 9.88 Å². The minimum atomic E-state index is -0.949. The molecule has 1 saturated carbocycles. The van der Waals surface area contributed by atoms with Crippen molar-refractivity contribution in [3.05, 3.63) is 35.8 Å². The fourth-order valence-electron chi connectivity index (χ4n) is 5.80. The van der Waals surface area contributed by atoms with Crippen LogP contribution in [0.4, 0.5) is 4.39 Å². The summed E-state index contributed by atoms with van der Waals surface area (Å²) in [4.78, 5) is 6.69. The molecule has 1 saturated heterocycles. The number of likely N-dealkylation sites (tertiary alicyclic amines) is 1. The normalized spacial score (nSPS) is 20.7. The summed E-state index contributed by atoms with van der Waals surface area (Å²) in [6.45, 7) is 3.26. The van der Waals surface area contributed by atoms with Crippen LogP contribution in [0.1, 0.15) is 75.9 Å². The van der Waals surface area contributed by atoms with Crippen LogP contribution < -0.4 is 4.74 Å². The second-order valence-corrected chi connectivity index (χ2v) is 10.2. The van der Waals surface area contributed by atoms with E-state index in [2.05, 4.69) is 9.88 Å². The van der Waals surface area contributed by atoms with Gasteiger partial charge in [-0.3, -0.25) is 4.98 Å². The zero-order valence-corrected chi connectivity index (χ0v) is 19.9. The van der Waals surface area contributed by atoms with E-state index in [1.165, 1.54) is 44.7 Å². The van der Waals surface area contributed by atoms with Gasteiger partial charge in [-0.25, -0.2) is 4.39 Å². The standard InChI is InChI=1S/C27H39FN2O3/c1-33-21-7-8-24-22(17-21)26(23(28)18-29-24)25(32)9-11-27(19-31)12-15-30(16-13-27)14-10-20-5-3-2-4-6-20/h7-8,17-18,20,25,31-32H,2-6,9-16,19H2,1H3/t25-/m1/s1. The molecule has 4 rings (SSSR count). The van der Waals surface area contributed by atoms with Gasteiger partial charge < -0.3 is 19.8 Å². The number of hydrogen-bond acceptors (Lipinski definition) is 5. The van der Waals surface area contributed by atoms with Crippen molar-refractivity contribution in [1.29, 1.82) is 0 Å². The van der Waals surface area contributed by atoms with Crippen molar-refractivity contribution in [2.75, 3.05) is 33.4 Å². The van der Waals surface area contributed by atoms with Crippen molar-refractivity contribution in [2.45, 2.75) is 70.3 Å². The van der Waals surface area contributed by atoms with Gasteiger partial charge in [-0.15, -0.1) is 0 Å². The summed E-state index contributed by atoms with van der Waals surface area (Å²) in [5.74, 6) is 0.997. The summed E-state index contributed by atoms with van der Waals surface area (Å²) in [5, 5.41) is 21.8. The number of halogens is 1. The number of ether oxygens (including phenoxy) is 1. The van der Waals surface area contributed by atoms with Crippen molar-refractivity contribution in [3.8, 4) is 5.75 Å². The first-order valence-electron chi connectivity index (χ1n) is 12.7. The number of rotatable bonds is 9. The summed E-state index contributed by atoms with van der Waals surface area (Å²) in [5.41, 5.74) is 0.713. The van der Waals surface area contributed by atoms with Crippen molar-refractivity contribution < 1.29 is 19.3 Å². The molecule has 0 radical (unpaired) electrons. The van der Waals surface area contributed by atoms with Crippen LogP contribution in [0.15, 0.2) is 24.4 Å². The topological polar surface area (TPSA) is 65.8 Å². The molecule has 33 heavy (non-hydrogen) atoms. The predicted molar refractivity (Wildman–Crippen MR) is 129 cm³/mol. The molecule has 2 aromatic rings. The summed E-state index contributed by atoms with van der Waals surface area (Å²) in [6, 6.07) is 5.30. The van der Waals surface area contributed by atoms with Crippen molar-refractivity contribution in [2.24, 2.45) is 11.3 Å². The van der Waals surface area contributed by atoms with Gasteiger partial charge >= 0.3 is 0 Å². The van der Waals surface area contributed by atoms with Gasteiger partial charge in [0.1, 0.15) is 11.6 Å². The Hall–Kier alpha value is -1.76. The number of piperidine rings is 1. The largest absolute Gasteiger partial charge is 0.497 e. The Morgan fingerprint density at radius 2 is 1.97 bits per heavy atom. The predicted octanol–water partition coefficient (Wildman–Crippen LogP) is 5.24. The molecule has 2 N–H and O–H groups in total. The Morgan fingerprint density at radius 1 is 1.21 bits per heavy atom. The van der Waals surface area contributed by atoms with Gasteiger partial charge in [-0.05, 0) is 81.3 Å². The second kappa shape index (κ2) is 11.1. The number of fused-ring (bicyclic) bond motifs is 1. The molecule has 0 spiro atoms. The van der Waals surface area contributed by atoms with Gasteiger partial charge in [-0.2, -0.15) is 0 Å². The third kappa shape index (κ3) is 5.84. The molecule has 6 heteroatoms. The van der Waals surface area contributed by atoms with Crippen LogP contribution in [0, 0.1) is 17.2 Å². The Kier molecular flexibility index (Phi) is 8.20. The summed E-state index contributed by atoms with van der Waals surface area (Å²) in [7, 11) is 1.57. The third-order valence-corrected chi connectivity index (χ3v) is 8.18. The lowest BCUT2D eigenvalue weighted by atomic mass is 9.74. The lowest BCUT2D eigenvalue weighted by molar-refractivity contribution is 0.0215. The van der Waals surface area contributed by atoms with E-state index in [4.69, 9.17) is 4.74 Å². The molecule has 2 heterocycles. The number of methoxy groups -OCH3 is 1. The number of nitrogens with zero attached hydrogens (tertiary/aromatic N) is 2. The molecular weight excluding hydrogens is 419 g/mol. The van der Waals surface area contributed by atoms with E-state index in [0.717, 1.165) is 38.4 Å². The molecule has 1 aliphatic carbocycles. The third-order valence-electron chi connectivity index (χ3n) is 8.18. The molecule has 1 aromatic heterocycles. The monoisotopic (exact) mass is 458 g/mol. The van der Waals surface area contributed by atoms with Crippen LogP contribution in [-0.2, 0) is 0 Å². The van der Waals surface area contributed by atoms with Gasteiger partial charge in [0.15, 0.2) is 0 Å². The molecule has 0 bridgehead atoms. The first kappa shape index (κ1) is 24.4. The quantitative estimate of drug-likeness (QED) is 0.538. The van der Waals surface area contributed by atoms with Gasteiger partial charge in [0.25, 0.3) is 0 Å². The van der Waals surface area contributed by atoms with E-state index in [0.29, 0.717) is 29.5 Å². The van der Waals surface area contributed by atoms with E-state index in [-0.39, 0.29) is 17.6 Å². The molecule has 1 atom stereocenters. The average Bonchev–Trinajstić information content (AvgIpc) is 2.87. The van der Waals surface area contributed by atoms with E-state index in [9.17, 15) is 14.6 Å². The Bertz CT molecular complexity index is 908. The maximum Gasteiger partial charge on any atom is 0.147 e. The van der Waals surface area contributed by atoms with Gasteiger partial charge in [0.2, 0.25) is 0 Å². The first-order valence-corrected chi connectivity index (χ1v) is 12.7. The maximum atomic E-state index is 14.7. The minimum Gasteiger partial charge on any atom is -0.497 e. The summed E-state index contributed by atoms with van der Waals surface area (Å²) in [6.07, 6.45) is 11.4. The number of benzene rings is 1. The van der Waals surface area contributed by atoms with Crippen LogP contribution in [0.25, 0.3) is 10.9 Å². The summed E-state index contributed by atoms with van der Waals surface area (Å²) < 4.78 is 20.0. The number of pyridine rings is 1. The van der Waals surface area contributed by atoms with Crippen LogP contribution in [0.5, 0.6) is 5.75 Å². The highest BCUT2D eigenvalue weighted by Crippen LogP contribution is 2.40. The van der Waals surface area contributed by atoms with Crippen LogP contribution in [-0.4, -0.2) is 53.4 Å². The fourth-order valence-corrected chi connectivity index (χ4v) is 5.80. The molecular formula is C27H39FN2O3. The van der Waals surface area contributed by atoms with E-state index in [1.807, 2.05) is 0 Å². The number of aromatic nitrogens is 1. The lowest BCUT2D eigenvalue weighted by Crippen LogP contribution is -2.42. The second-order valence-electron chi connectivity index (χ2n) is 10.2. The molecule has 1 aliphatic heterocycles. The highest BCUT2D eigenvalue weighted by atomic mass is 19.1. The zero-order valence-electron chi connectivity index (χ0n) is 19.9. The Labute approximate surface area is 197 Å². The van der Waals surface area contributed by atoms with E-state index >= 15 is 0 Å². The Morgan fingerprint density at radius 3 is 2.67 bits per heavy atom. The molecule has 5 nitrogen and oxygen atoms in total. The minimum absolute atomic E-state index is 0.115. The molecule has 0 amide bonds. The fraction of sp³-hybridized carbons (Fsp3) is 0.667. The highest BCUT2D eigenvalue weighted by Gasteiger charge is 2.35. The van der Waals surface area contributed by atoms with Gasteiger partial charge in [0.05, 0.1) is 24.9 Å². The summed E-state index contributed by atoms with van der Waals surface area (Å²) >= 11 is 0. The smallest absolute Gasteiger partial charge is 0.147 e. The molecule has 2 fully saturated rings. The first-order chi connectivity index (χ1) is 16.0. The molecule has 2 aliphatic rings. The van der Waals surface area contributed by atoms with Gasteiger partial charge in [-0.1, -0.05) is 32.1 Å². The Balaban J connectivity index is 1.35. The van der Waals surface area contributed by atoms with Crippen LogP contribution >= 0.6 is 0 Å². The SMILES string of the molecule is COc1ccc2ncc(F)c([C@H](O)CCC3(CO)CCN(CCC4CCCCC4)CC3)c2c1. The van der Waals surface area contributed by atoms with Crippen molar-refractivity contribution in [3.63, 3.8) is 0 Å². The number of aliphatic hydroxyl groups is 2. The molecule has 182 valence electrons. The van der Waals surface area contributed by atoms with Crippen LogP contribution in [0.2, 0.25) is 0 Å².